The highest BCUT2D eigenvalue weighted by Gasteiger charge is 2.25. The monoisotopic (exact) mass is 283 g/mol. The summed E-state index contributed by atoms with van der Waals surface area (Å²) in [6.07, 6.45) is 3.70. The average Bonchev–Trinajstić information content (AvgIpc) is 2.82. The Morgan fingerprint density at radius 2 is 1.90 bits per heavy atom. The topological polar surface area (TPSA) is 72.9 Å². The molecule has 1 saturated carbocycles. The van der Waals surface area contributed by atoms with Crippen molar-refractivity contribution in [2.75, 3.05) is 39.3 Å². The zero-order chi connectivity index (χ0) is 14.5. The summed E-state index contributed by atoms with van der Waals surface area (Å²) in [5, 5.41) is 11.8. The number of piperazine rings is 1. The number of nitrogens with one attached hydrogen (secondary N) is 1. The van der Waals surface area contributed by atoms with E-state index >= 15 is 0 Å². The molecule has 20 heavy (non-hydrogen) atoms. The highest BCUT2D eigenvalue weighted by Crippen LogP contribution is 2.29. The fourth-order valence-corrected chi connectivity index (χ4v) is 3.15. The van der Waals surface area contributed by atoms with Gasteiger partial charge in [-0.25, -0.2) is 4.79 Å². The zero-order valence-electron chi connectivity index (χ0n) is 12.2. The Hall–Kier alpha value is -1.30. The van der Waals surface area contributed by atoms with E-state index in [2.05, 4.69) is 12.2 Å². The molecule has 0 aromatic rings. The Labute approximate surface area is 120 Å². The standard InChI is InChI=1S/C14H25N3O3/c1-11-2-3-12(8-11)9-15-14(20)17-6-4-16(5-7-17)10-13(18)19/h11-12H,2-10H2,1H3,(H,15,20)(H,18,19). The lowest BCUT2D eigenvalue weighted by atomic mass is 10.1. The molecule has 0 radical (unpaired) electrons. The Morgan fingerprint density at radius 1 is 1.20 bits per heavy atom. The molecule has 2 aliphatic rings. The fourth-order valence-electron chi connectivity index (χ4n) is 3.15. The molecule has 114 valence electrons. The second-order valence-corrected chi connectivity index (χ2v) is 6.13. The van der Waals surface area contributed by atoms with Crippen molar-refractivity contribution >= 4 is 12.0 Å². The summed E-state index contributed by atoms with van der Waals surface area (Å²) in [4.78, 5) is 26.3. The molecular formula is C14H25N3O3. The van der Waals surface area contributed by atoms with Crippen LogP contribution >= 0.6 is 0 Å². The average molecular weight is 283 g/mol. The van der Waals surface area contributed by atoms with Crippen LogP contribution in [0, 0.1) is 11.8 Å². The van der Waals surface area contributed by atoms with Crippen molar-refractivity contribution in [2.45, 2.75) is 26.2 Å². The van der Waals surface area contributed by atoms with Crippen LogP contribution in [0.4, 0.5) is 4.79 Å². The molecule has 2 fully saturated rings. The van der Waals surface area contributed by atoms with Gasteiger partial charge < -0.3 is 15.3 Å². The number of carbonyl (C=O) groups excluding carboxylic acids is 1. The number of aliphatic carboxylic acids is 1. The molecule has 0 aromatic carbocycles. The molecule has 0 spiro atoms. The lowest BCUT2D eigenvalue weighted by Crippen LogP contribution is -2.53. The van der Waals surface area contributed by atoms with E-state index in [1.165, 1.54) is 19.3 Å². The smallest absolute Gasteiger partial charge is 0.317 e. The van der Waals surface area contributed by atoms with Gasteiger partial charge in [-0.15, -0.1) is 0 Å². The van der Waals surface area contributed by atoms with E-state index in [9.17, 15) is 9.59 Å². The second-order valence-electron chi connectivity index (χ2n) is 6.13. The molecule has 1 aliphatic carbocycles. The number of hydrogen-bond acceptors (Lipinski definition) is 3. The van der Waals surface area contributed by atoms with Gasteiger partial charge in [-0.2, -0.15) is 0 Å². The van der Waals surface area contributed by atoms with Crippen LogP contribution in [0.3, 0.4) is 0 Å². The Kier molecular flexibility index (Phi) is 5.23. The molecule has 0 aromatic heterocycles. The summed E-state index contributed by atoms with van der Waals surface area (Å²) in [5.41, 5.74) is 0. The lowest BCUT2D eigenvalue weighted by Gasteiger charge is -2.34. The first-order chi connectivity index (χ1) is 9.54. The first-order valence-electron chi connectivity index (χ1n) is 7.51. The summed E-state index contributed by atoms with van der Waals surface area (Å²) in [7, 11) is 0. The van der Waals surface area contributed by atoms with Crippen molar-refractivity contribution in [2.24, 2.45) is 11.8 Å². The van der Waals surface area contributed by atoms with E-state index < -0.39 is 5.97 Å². The zero-order valence-corrected chi connectivity index (χ0v) is 12.2. The van der Waals surface area contributed by atoms with Crippen molar-refractivity contribution in [1.82, 2.24) is 15.1 Å². The molecule has 6 heteroatoms. The number of amides is 2. The maximum Gasteiger partial charge on any atom is 0.317 e. The molecule has 1 saturated heterocycles. The number of carbonyl (C=O) groups is 2. The van der Waals surface area contributed by atoms with Crippen LogP contribution in [0.25, 0.3) is 0 Å². The minimum Gasteiger partial charge on any atom is -0.480 e. The number of rotatable bonds is 4. The molecule has 1 aliphatic heterocycles. The maximum absolute atomic E-state index is 12.0. The van der Waals surface area contributed by atoms with Crippen LogP contribution in [0.1, 0.15) is 26.2 Å². The number of nitrogens with zero attached hydrogens (tertiary/aromatic N) is 2. The summed E-state index contributed by atoms with van der Waals surface area (Å²) in [6, 6.07) is -0.000437. The van der Waals surface area contributed by atoms with Gasteiger partial charge in [0.1, 0.15) is 0 Å². The van der Waals surface area contributed by atoms with Crippen LogP contribution < -0.4 is 5.32 Å². The summed E-state index contributed by atoms with van der Waals surface area (Å²) in [5.74, 6) is 0.608. The summed E-state index contributed by atoms with van der Waals surface area (Å²) in [6.45, 7) is 5.61. The number of urea groups is 1. The molecular weight excluding hydrogens is 258 g/mol. The van der Waals surface area contributed by atoms with Gasteiger partial charge in [0.2, 0.25) is 0 Å². The predicted molar refractivity (Wildman–Crippen MR) is 75.6 cm³/mol. The van der Waals surface area contributed by atoms with Crippen LogP contribution in [-0.2, 0) is 4.79 Å². The van der Waals surface area contributed by atoms with Crippen molar-refractivity contribution in [3.05, 3.63) is 0 Å². The highest BCUT2D eigenvalue weighted by molar-refractivity contribution is 5.74. The van der Waals surface area contributed by atoms with Crippen molar-refractivity contribution < 1.29 is 14.7 Å². The minimum absolute atomic E-state index is 0.000437. The third kappa shape index (κ3) is 4.37. The molecule has 2 atom stereocenters. The molecule has 0 bridgehead atoms. The van der Waals surface area contributed by atoms with Crippen LogP contribution in [0.2, 0.25) is 0 Å². The molecule has 2 unspecified atom stereocenters. The predicted octanol–water partition coefficient (Wildman–Crippen LogP) is 0.834. The first kappa shape index (κ1) is 15.1. The van der Waals surface area contributed by atoms with E-state index in [0.29, 0.717) is 32.1 Å². The fraction of sp³-hybridized carbons (Fsp3) is 0.857. The molecule has 2 N–H and O–H groups in total. The number of carboxylic acids is 1. The first-order valence-corrected chi connectivity index (χ1v) is 7.51. The Balaban J connectivity index is 1.65. The quantitative estimate of drug-likeness (QED) is 0.802. The third-order valence-corrected chi connectivity index (χ3v) is 4.36. The second kappa shape index (κ2) is 6.92. The van der Waals surface area contributed by atoms with E-state index in [4.69, 9.17) is 5.11 Å². The van der Waals surface area contributed by atoms with Gasteiger partial charge in [0, 0.05) is 32.7 Å². The number of hydrogen-bond donors (Lipinski definition) is 2. The number of carboxylic acid groups (broad SMARTS) is 1. The van der Waals surface area contributed by atoms with Crippen LogP contribution in [0.5, 0.6) is 0 Å². The SMILES string of the molecule is CC1CCC(CNC(=O)N2CCN(CC(=O)O)CC2)C1. The van der Waals surface area contributed by atoms with E-state index in [1.54, 1.807) is 4.90 Å². The van der Waals surface area contributed by atoms with Gasteiger partial charge in [0.15, 0.2) is 0 Å². The summed E-state index contributed by atoms with van der Waals surface area (Å²) >= 11 is 0. The molecule has 6 nitrogen and oxygen atoms in total. The van der Waals surface area contributed by atoms with Crippen molar-refractivity contribution in [3.8, 4) is 0 Å². The minimum atomic E-state index is -0.807. The van der Waals surface area contributed by atoms with Gasteiger partial charge in [0.05, 0.1) is 6.54 Å². The maximum atomic E-state index is 12.0. The van der Waals surface area contributed by atoms with Gasteiger partial charge >= 0.3 is 12.0 Å². The Morgan fingerprint density at radius 3 is 2.45 bits per heavy atom. The third-order valence-electron chi connectivity index (χ3n) is 4.36. The van der Waals surface area contributed by atoms with E-state index in [1.807, 2.05) is 4.90 Å². The van der Waals surface area contributed by atoms with Crippen molar-refractivity contribution in [3.63, 3.8) is 0 Å². The van der Waals surface area contributed by atoms with Gasteiger partial charge in [-0.05, 0) is 24.7 Å². The lowest BCUT2D eigenvalue weighted by molar-refractivity contribution is -0.138. The normalized spacial score (nSPS) is 27.6. The van der Waals surface area contributed by atoms with Gasteiger partial charge in [-0.1, -0.05) is 13.3 Å². The van der Waals surface area contributed by atoms with Gasteiger partial charge in [0.25, 0.3) is 0 Å². The summed E-state index contributed by atoms with van der Waals surface area (Å²) < 4.78 is 0. The molecule has 1 heterocycles. The molecule has 2 amide bonds. The van der Waals surface area contributed by atoms with Crippen LogP contribution in [-0.4, -0.2) is 66.2 Å². The van der Waals surface area contributed by atoms with Crippen molar-refractivity contribution in [1.29, 1.82) is 0 Å². The van der Waals surface area contributed by atoms with Crippen LogP contribution in [0.15, 0.2) is 0 Å². The highest BCUT2D eigenvalue weighted by atomic mass is 16.4. The van der Waals surface area contributed by atoms with E-state index in [0.717, 1.165) is 12.5 Å². The van der Waals surface area contributed by atoms with E-state index in [-0.39, 0.29) is 12.6 Å². The van der Waals surface area contributed by atoms with Gasteiger partial charge in [-0.3, -0.25) is 9.69 Å². The largest absolute Gasteiger partial charge is 0.480 e. The Bertz CT molecular complexity index is 354. The molecule has 2 rings (SSSR count).